The van der Waals surface area contributed by atoms with Crippen LogP contribution in [0.4, 0.5) is 0 Å². The second-order valence-corrected chi connectivity index (χ2v) is 1.61. The van der Waals surface area contributed by atoms with Gasteiger partial charge >= 0.3 is 5.97 Å². The Morgan fingerprint density at radius 1 is 1.60 bits per heavy atom. The molecule has 0 fully saturated rings. The van der Waals surface area contributed by atoms with E-state index in [1.54, 1.807) is 6.08 Å². The van der Waals surface area contributed by atoms with Gasteiger partial charge in [0.25, 0.3) is 0 Å². The highest BCUT2D eigenvalue weighted by Crippen LogP contribution is 1.86. The van der Waals surface area contributed by atoms with E-state index in [2.05, 4.69) is 4.74 Å². The van der Waals surface area contributed by atoms with Crippen LogP contribution in [0.3, 0.4) is 0 Å². The lowest BCUT2D eigenvalue weighted by atomic mass is 10.4. The average Bonchev–Trinajstić information content (AvgIpc) is 1.98. The molecule has 10 heavy (non-hydrogen) atoms. The van der Waals surface area contributed by atoms with Crippen molar-refractivity contribution in [2.75, 3.05) is 13.7 Å². The summed E-state index contributed by atoms with van der Waals surface area (Å²) >= 11 is 0. The van der Waals surface area contributed by atoms with Gasteiger partial charge in [-0.3, -0.25) is 4.79 Å². The first-order chi connectivity index (χ1) is 4.81. The fraction of sp³-hybridized carbons (Fsp3) is 0.571. The van der Waals surface area contributed by atoms with Gasteiger partial charge in [0.1, 0.15) is 0 Å². The van der Waals surface area contributed by atoms with Crippen LogP contribution in [0, 0.1) is 0 Å². The third-order valence-electron chi connectivity index (χ3n) is 0.871. The maximum atomic E-state index is 10.4. The first-order valence-electron chi connectivity index (χ1n) is 3.14. The zero-order chi connectivity index (χ0) is 7.82. The third-order valence-corrected chi connectivity index (χ3v) is 0.871. The van der Waals surface area contributed by atoms with Crippen LogP contribution in [0.1, 0.15) is 13.3 Å². The number of ether oxygens (including phenoxy) is 2. The second kappa shape index (κ2) is 6.13. The summed E-state index contributed by atoms with van der Waals surface area (Å²) in [6, 6.07) is 0. The van der Waals surface area contributed by atoms with Gasteiger partial charge in [0.2, 0.25) is 0 Å². The molecule has 0 N–H and O–H groups in total. The molecule has 0 unspecified atom stereocenters. The number of hydrogen-bond donors (Lipinski definition) is 0. The summed E-state index contributed by atoms with van der Waals surface area (Å²) in [5.74, 6) is -0.254. The van der Waals surface area contributed by atoms with Gasteiger partial charge in [-0.05, 0) is 13.0 Å². The molecule has 58 valence electrons. The van der Waals surface area contributed by atoms with E-state index in [4.69, 9.17) is 4.74 Å². The monoisotopic (exact) mass is 144 g/mol. The van der Waals surface area contributed by atoms with Gasteiger partial charge in [-0.25, -0.2) is 0 Å². The summed E-state index contributed by atoms with van der Waals surface area (Å²) in [5, 5.41) is 0. The Morgan fingerprint density at radius 2 is 2.30 bits per heavy atom. The van der Waals surface area contributed by atoms with Gasteiger partial charge in [-0.1, -0.05) is 0 Å². The standard InChI is InChI=1S/C7H12O3/c1-3-10-6-4-5-7(8)9-2/h4,6H,3,5H2,1-2H3/b6-4+. The average molecular weight is 144 g/mol. The van der Waals surface area contributed by atoms with Gasteiger partial charge in [0.05, 0.1) is 26.4 Å². The normalized spacial score (nSPS) is 9.80. The maximum absolute atomic E-state index is 10.4. The number of carbonyl (C=O) groups excluding carboxylic acids is 1. The summed E-state index contributed by atoms with van der Waals surface area (Å²) < 4.78 is 9.22. The Labute approximate surface area is 60.6 Å². The van der Waals surface area contributed by atoms with Crippen LogP contribution in [0.5, 0.6) is 0 Å². The quantitative estimate of drug-likeness (QED) is 0.438. The molecule has 0 aliphatic carbocycles. The number of hydrogen-bond acceptors (Lipinski definition) is 3. The van der Waals surface area contributed by atoms with Crippen LogP contribution in [0.2, 0.25) is 0 Å². The highest BCUT2D eigenvalue weighted by molar-refractivity contribution is 5.70. The van der Waals surface area contributed by atoms with E-state index in [1.165, 1.54) is 13.4 Å². The van der Waals surface area contributed by atoms with Crippen LogP contribution < -0.4 is 0 Å². The fourth-order valence-corrected chi connectivity index (χ4v) is 0.392. The summed E-state index contributed by atoms with van der Waals surface area (Å²) in [6.45, 7) is 2.50. The highest BCUT2D eigenvalue weighted by Gasteiger charge is 1.92. The lowest BCUT2D eigenvalue weighted by molar-refractivity contribution is -0.139. The Bertz CT molecular complexity index is 118. The van der Waals surface area contributed by atoms with E-state index < -0.39 is 0 Å². The van der Waals surface area contributed by atoms with E-state index in [-0.39, 0.29) is 12.4 Å². The smallest absolute Gasteiger partial charge is 0.309 e. The van der Waals surface area contributed by atoms with Gasteiger partial charge in [0.15, 0.2) is 0 Å². The molecule has 0 amide bonds. The predicted octanol–water partition coefficient (Wildman–Crippen LogP) is 1.10. The highest BCUT2D eigenvalue weighted by atomic mass is 16.5. The van der Waals surface area contributed by atoms with Gasteiger partial charge in [0, 0.05) is 0 Å². The van der Waals surface area contributed by atoms with E-state index in [0.29, 0.717) is 6.61 Å². The molecule has 0 aromatic rings. The molecular formula is C7H12O3. The molecule has 0 radical (unpaired) electrons. The van der Waals surface area contributed by atoms with Crippen LogP contribution in [-0.2, 0) is 14.3 Å². The van der Waals surface area contributed by atoms with Crippen LogP contribution in [0.15, 0.2) is 12.3 Å². The Morgan fingerprint density at radius 3 is 2.80 bits per heavy atom. The molecule has 0 bridgehead atoms. The van der Waals surface area contributed by atoms with Crippen LogP contribution >= 0.6 is 0 Å². The van der Waals surface area contributed by atoms with Crippen molar-refractivity contribution >= 4 is 5.97 Å². The van der Waals surface area contributed by atoms with Crippen LogP contribution in [-0.4, -0.2) is 19.7 Å². The summed E-state index contributed by atoms with van der Waals surface area (Å²) in [5.41, 5.74) is 0. The summed E-state index contributed by atoms with van der Waals surface area (Å²) in [7, 11) is 1.36. The minimum absolute atomic E-state index is 0.254. The predicted molar refractivity (Wildman–Crippen MR) is 37.4 cm³/mol. The van der Waals surface area contributed by atoms with Gasteiger partial charge < -0.3 is 9.47 Å². The topological polar surface area (TPSA) is 35.5 Å². The molecule has 0 rings (SSSR count). The molecule has 0 aromatic heterocycles. The third kappa shape index (κ3) is 5.15. The molecule has 3 heteroatoms. The van der Waals surface area contributed by atoms with Crippen molar-refractivity contribution in [3.05, 3.63) is 12.3 Å². The van der Waals surface area contributed by atoms with E-state index in [0.717, 1.165) is 0 Å². The van der Waals surface area contributed by atoms with Crippen molar-refractivity contribution < 1.29 is 14.3 Å². The number of methoxy groups -OCH3 is 1. The van der Waals surface area contributed by atoms with Gasteiger partial charge in [-0.15, -0.1) is 0 Å². The van der Waals surface area contributed by atoms with E-state index >= 15 is 0 Å². The summed E-state index contributed by atoms with van der Waals surface area (Å²) in [4.78, 5) is 10.4. The largest absolute Gasteiger partial charge is 0.502 e. The Kier molecular flexibility index (Phi) is 5.53. The first-order valence-corrected chi connectivity index (χ1v) is 3.14. The Hall–Kier alpha value is -0.990. The SMILES string of the molecule is CCO/C=C/CC(=O)OC. The molecule has 0 aromatic carbocycles. The van der Waals surface area contributed by atoms with Gasteiger partial charge in [-0.2, -0.15) is 0 Å². The van der Waals surface area contributed by atoms with Crippen molar-refractivity contribution in [2.24, 2.45) is 0 Å². The molecule has 0 saturated carbocycles. The molecule has 0 heterocycles. The molecular weight excluding hydrogens is 132 g/mol. The van der Waals surface area contributed by atoms with Crippen molar-refractivity contribution in [3.8, 4) is 0 Å². The number of esters is 1. The minimum atomic E-state index is -0.254. The molecule has 0 aliphatic rings. The van der Waals surface area contributed by atoms with Crippen LogP contribution in [0.25, 0.3) is 0 Å². The maximum Gasteiger partial charge on any atom is 0.309 e. The summed E-state index contributed by atoms with van der Waals surface area (Å²) in [6.07, 6.45) is 3.39. The van der Waals surface area contributed by atoms with Crippen molar-refractivity contribution in [2.45, 2.75) is 13.3 Å². The zero-order valence-electron chi connectivity index (χ0n) is 6.29. The number of rotatable bonds is 4. The van der Waals surface area contributed by atoms with Crippen molar-refractivity contribution in [3.63, 3.8) is 0 Å². The molecule has 0 saturated heterocycles. The lowest BCUT2D eigenvalue weighted by Crippen LogP contribution is -1.96. The van der Waals surface area contributed by atoms with Crippen molar-refractivity contribution in [1.29, 1.82) is 0 Å². The first kappa shape index (κ1) is 9.01. The lowest BCUT2D eigenvalue weighted by Gasteiger charge is -1.93. The molecule has 0 spiro atoms. The molecule has 0 atom stereocenters. The fourth-order valence-electron chi connectivity index (χ4n) is 0.392. The molecule has 0 aliphatic heterocycles. The minimum Gasteiger partial charge on any atom is -0.502 e. The second-order valence-electron chi connectivity index (χ2n) is 1.61. The van der Waals surface area contributed by atoms with E-state index in [1.807, 2.05) is 6.92 Å². The van der Waals surface area contributed by atoms with E-state index in [9.17, 15) is 4.79 Å². The molecule has 3 nitrogen and oxygen atoms in total. The number of carbonyl (C=O) groups is 1. The zero-order valence-corrected chi connectivity index (χ0v) is 6.29. The van der Waals surface area contributed by atoms with Crippen molar-refractivity contribution in [1.82, 2.24) is 0 Å². The Balaban J connectivity index is 3.25.